The molecule has 0 aromatic carbocycles. The van der Waals surface area contributed by atoms with Crippen LogP contribution in [0.3, 0.4) is 0 Å². The molecule has 0 aromatic heterocycles. The molecule has 0 fully saturated rings. The van der Waals surface area contributed by atoms with E-state index in [1.165, 1.54) is 6.08 Å². The molecule has 0 atom stereocenters. The highest BCUT2D eigenvalue weighted by Gasteiger charge is 2.16. The standard InChI is InChI=1S/C3HF5.C3H5F/c4-1(2(5)6)3(7)8;1-2-3-4/h2H;2-3H,1H3. The number of alkyl halides is 2. The molecule has 0 amide bonds. The summed E-state index contributed by atoms with van der Waals surface area (Å²) in [4.78, 5) is 0. The second-order valence-electron chi connectivity index (χ2n) is 1.37. The van der Waals surface area contributed by atoms with Crippen LogP contribution in [0.4, 0.5) is 26.3 Å². The summed E-state index contributed by atoms with van der Waals surface area (Å²) in [5.74, 6) is -2.65. The van der Waals surface area contributed by atoms with Gasteiger partial charge in [-0.1, -0.05) is 6.08 Å². The van der Waals surface area contributed by atoms with Crippen LogP contribution in [0.1, 0.15) is 6.92 Å². The van der Waals surface area contributed by atoms with Gasteiger partial charge in [-0.3, -0.25) is 0 Å². The molecule has 0 unspecified atom stereocenters. The fourth-order valence-corrected chi connectivity index (χ4v) is 0.0825. The van der Waals surface area contributed by atoms with Crippen molar-refractivity contribution in [1.82, 2.24) is 0 Å². The van der Waals surface area contributed by atoms with Crippen LogP contribution in [0.25, 0.3) is 0 Å². The van der Waals surface area contributed by atoms with E-state index in [-0.39, 0.29) is 0 Å². The van der Waals surface area contributed by atoms with Crippen molar-refractivity contribution in [3.63, 3.8) is 0 Å². The lowest BCUT2D eigenvalue weighted by molar-refractivity contribution is 0.145. The second-order valence-corrected chi connectivity index (χ2v) is 1.37. The lowest BCUT2D eigenvalue weighted by atomic mass is 10.6. The third-order valence-electron chi connectivity index (χ3n) is 0.498. The Hall–Kier alpha value is -0.940. The zero-order chi connectivity index (χ0) is 10.1. The number of halogens is 6. The zero-order valence-electron chi connectivity index (χ0n) is 6.00. The Morgan fingerprint density at radius 2 is 1.50 bits per heavy atom. The summed E-state index contributed by atoms with van der Waals surface area (Å²) in [5.41, 5.74) is 0. The Morgan fingerprint density at radius 3 is 1.50 bits per heavy atom. The van der Waals surface area contributed by atoms with E-state index >= 15 is 0 Å². The average molecular weight is 192 g/mol. The number of hydrogen-bond donors (Lipinski definition) is 0. The van der Waals surface area contributed by atoms with Crippen molar-refractivity contribution in [3.8, 4) is 0 Å². The first-order valence-electron chi connectivity index (χ1n) is 2.67. The van der Waals surface area contributed by atoms with E-state index in [0.717, 1.165) is 0 Å². The highest BCUT2D eigenvalue weighted by atomic mass is 19.3. The van der Waals surface area contributed by atoms with Gasteiger partial charge in [0.15, 0.2) is 0 Å². The lowest BCUT2D eigenvalue weighted by Gasteiger charge is -1.88. The van der Waals surface area contributed by atoms with E-state index < -0.39 is 18.3 Å². The van der Waals surface area contributed by atoms with E-state index in [2.05, 4.69) is 0 Å². The predicted molar refractivity (Wildman–Crippen MR) is 32.3 cm³/mol. The van der Waals surface area contributed by atoms with Gasteiger partial charge in [-0.15, -0.1) is 0 Å². The van der Waals surface area contributed by atoms with Gasteiger partial charge < -0.3 is 0 Å². The molecular weight excluding hydrogens is 186 g/mol. The van der Waals surface area contributed by atoms with Crippen LogP contribution in [0.5, 0.6) is 0 Å². The van der Waals surface area contributed by atoms with Crippen molar-refractivity contribution in [2.24, 2.45) is 0 Å². The Balaban J connectivity index is 0. The van der Waals surface area contributed by atoms with Crippen LogP contribution >= 0.6 is 0 Å². The first-order chi connectivity index (χ1) is 5.47. The minimum Gasteiger partial charge on any atom is -0.216 e. The van der Waals surface area contributed by atoms with E-state index in [9.17, 15) is 26.3 Å². The number of rotatable bonds is 1. The maximum absolute atomic E-state index is 11.0. The predicted octanol–water partition coefficient (Wildman–Crippen LogP) is 3.82. The molecule has 0 aliphatic rings. The molecule has 0 heterocycles. The van der Waals surface area contributed by atoms with Crippen LogP contribution in [0, 0.1) is 0 Å². The fourth-order valence-electron chi connectivity index (χ4n) is 0.0825. The average Bonchev–Trinajstić information content (AvgIpc) is 2.03. The molecule has 0 aliphatic heterocycles. The third-order valence-corrected chi connectivity index (χ3v) is 0.498. The molecule has 6 heteroatoms. The summed E-state index contributed by atoms with van der Waals surface area (Å²) in [6, 6.07) is 0. The van der Waals surface area contributed by atoms with Crippen molar-refractivity contribution in [3.05, 3.63) is 24.3 Å². The minimum absolute atomic E-state index is 0.500. The third kappa shape index (κ3) is 9.06. The largest absolute Gasteiger partial charge is 0.307 e. The smallest absolute Gasteiger partial charge is 0.216 e. The van der Waals surface area contributed by atoms with Crippen LogP contribution in [0.15, 0.2) is 24.3 Å². The van der Waals surface area contributed by atoms with Crippen LogP contribution in [-0.4, -0.2) is 6.43 Å². The van der Waals surface area contributed by atoms with E-state index in [1.807, 2.05) is 0 Å². The van der Waals surface area contributed by atoms with Crippen molar-refractivity contribution in [2.45, 2.75) is 13.3 Å². The minimum atomic E-state index is -3.69. The SMILES string of the molecule is CC=CF.FC(F)=C(F)C(F)F. The highest BCUT2D eigenvalue weighted by Crippen LogP contribution is 2.16. The summed E-state index contributed by atoms with van der Waals surface area (Å²) in [7, 11) is 0. The van der Waals surface area contributed by atoms with Crippen molar-refractivity contribution in [1.29, 1.82) is 0 Å². The van der Waals surface area contributed by atoms with Gasteiger partial charge in [-0.05, 0) is 6.92 Å². The normalized spacial score (nSPS) is 9.67. The van der Waals surface area contributed by atoms with Gasteiger partial charge >= 0.3 is 6.08 Å². The molecule has 0 saturated heterocycles. The summed E-state index contributed by atoms with van der Waals surface area (Å²) in [5, 5.41) is 0. The van der Waals surface area contributed by atoms with Crippen molar-refractivity contribution in [2.75, 3.05) is 0 Å². The maximum atomic E-state index is 11.0. The summed E-state index contributed by atoms with van der Waals surface area (Å²) < 4.78 is 64.5. The highest BCUT2D eigenvalue weighted by molar-refractivity contribution is 4.93. The van der Waals surface area contributed by atoms with Gasteiger partial charge in [0, 0.05) is 0 Å². The number of hydrogen-bond acceptors (Lipinski definition) is 0. The summed E-state index contributed by atoms with van der Waals surface area (Å²) >= 11 is 0. The maximum Gasteiger partial charge on any atom is 0.307 e. The topological polar surface area (TPSA) is 0 Å². The van der Waals surface area contributed by atoms with Gasteiger partial charge in [-0.2, -0.15) is 13.2 Å². The number of allylic oxidation sites excluding steroid dienone is 2. The molecule has 0 rings (SSSR count). The van der Waals surface area contributed by atoms with E-state index in [0.29, 0.717) is 6.33 Å². The van der Waals surface area contributed by atoms with Crippen LogP contribution in [0.2, 0.25) is 0 Å². The van der Waals surface area contributed by atoms with Crippen molar-refractivity contribution < 1.29 is 26.3 Å². The molecule has 72 valence electrons. The zero-order valence-corrected chi connectivity index (χ0v) is 6.00. The van der Waals surface area contributed by atoms with Gasteiger partial charge in [-0.25, -0.2) is 13.2 Å². The molecule has 0 aromatic rings. The van der Waals surface area contributed by atoms with E-state index in [1.54, 1.807) is 6.92 Å². The monoisotopic (exact) mass is 192 g/mol. The summed E-state index contributed by atoms with van der Waals surface area (Å²) in [6.07, 6.45) is -4.82. The Kier molecular flexibility index (Phi) is 9.27. The Bertz CT molecular complexity index is 151. The van der Waals surface area contributed by atoms with Crippen LogP contribution < -0.4 is 0 Å². The van der Waals surface area contributed by atoms with Crippen molar-refractivity contribution >= 4 is 0 Å². The van der Waals surface area contributed by atoms with E-state index in [4.69, 9.17) is 0 Å². The molecular formula is C6H6F6. The van der Waals surface area contributed by atoms with Gasteiger partial charge in [0.1, 0.15) is 0 Å². The molecule has 12 heavy (non-hydrogen) atoms. The summed E-state index contributed by atoms with van der Waals surface area (Å²) in [6.45, 7) is 1.62. The Morgan fingerprint density at radius 1 is 1.17 bits per heavy atom. The second kappa shape index (κ2) is 8.16. The molecule has 0 saturated carbocycles. The quantitative estimate of drug-likeness (QED) is 0.554. The molecule has 0 N–H and O–H groups in total. The van der Waals surface area contributed by atoms with Gasteiger partial charge in [0.2, 0.25) is 5.83 Å². The molecule has 0 aliphatic carbocycles. The molecule has 0 radical (unpaired) electrons. The van der Waals surface area contributed by atoms with Gasteiger partial charge in [0.25, 0.3) is 6.43 Å². The molecule has 0 nitrogen and oxygen atoms in total. The Labute approximate surface area is 65.2 Å². The lowest BCUT2D eigenvalue weighted by Crippen LogP contribution is -1.90. The fraction of sp³-hybridized carbons (Fsp3) is 0.333. The molecule has 0 bridgehead atoms. The first kappa shape index (κ1) is 13.6. The van der Waals surface area contributed by atoms with Gasteiger partial charge in [0.05, 0.1) is 6.33 Å². The molecule has 0 spiro atoms. The first-order valence-corrected chi connectivity index (χ1v) is 2.67. The van der Waals surface area contributed by atoms with Crippen LogP contribution in [-0.2, 0) is 0 Å².